The van der Waals surface area contributed by atoms with Crippen molar-refractivity contribution < 1.29 is 19.1 Å². The first-order valence-electron chi connectivity index (χ1n) is 10.0. The minimum atomic E-state index is -0.817. The molecule has 0 spiro atoms. The molecule has 0 saturated heterocycles. The second-order valence-electron chi connectivity index (χ2n) is 7.11. The van der Waals surface area contributed by atoms with Crippen molar-refractivity contribution in [3.8, 4) is 22.8 Å². The largest absolute Gasteiger partial charge is 0.485 e. The molecule has 32 heavy (non-hydrogen) atoms. The normalized spacial score (nSPS) is 14.6. The molecule has 0 fully saturated rings. The minimum Gasteiger partial charge on any atom is -0.485 e. The van der Waals surface area contributed by atoms with Gasteiger partial charge in [0.1, 0.15) is 11.5 Å². The van der Waals surface area contributed by atoms with Crippen molar-refractivity contribution in [1.29, 1.82) is 0 Å². The SMILES string of the molecule is O=C(c1ccccc1)c1sc(NC(=O)C2COc3ccccc3O2)nc1-c1ccccc1. The number of carbonyl (C=O) groups excluding carboxylic acids is 2. The van der Waals surface area contributed by atoms with Crippen LogP contribution in [0.4, 0.5) is 5.13 Å². The molecule has 1 unspecified atom stereocenters. The predicted octanol–water partition coefficient (Wildman–Crippen LogP) is 4.82. The summed E-state index contributed by atoms with van der Waals surface area (Å²) in [7, 11) is 0. The standard InChI is InChI=1S/C25H18N2O4S/c28-22(17-11-5-2-6-12-17)23-21(16-9-3-1-4-10-16)26-25(32-23)27-24(29)20-15-30-18-13-7-8-14-19(18)31-20/h1-14,20H,15H2,(H,26,27,29). The molecule has 1 N–H and O–H groups in total. The molecular formula is C25H18N2O4S. The third kappa shape index (κ3) is 3.98. The van der Waals surface area contributed by atoms with E-state index in [0.29, 0.717) is 32.8 Å². The maximum absolute atomic E-state index is 13.2. The number of benzene rings is 3. The van der Waals surface area contributed by atoms with Crippen LogP contribution in [0.2, 0.25) is 0 Å². The molecule has 4 aromatic rings. The van der Waals surface area contributed by atoms with Crippen LogP contribution in [0.1, 0.15) is 15.2 Å². The number of para-hydroxylation sites is 2. The van der Waals surface area contributed by atoms with Crippen molar-refractivity contribution in [3.05, 3.63) is 95.4 Å². The zero-order valence-corrected chi connectivity index (χ0v) is 17.7. The van der Waals surface area contributed by atoms with Gasteiger partial charge >= 0.3 is 0 Å². The van der Waals surface area contributed by atoms with Gasteiger partial charge in [-0.15, -0.1) is 0 Å². The van der Waals surface area contributed by atoms with Gasteiger partial charge in [0.15, 0.2) is 16.6 Å². The fourth-order valence-electron chi connectivity index (χ4n) is 3.37. The number of anilines is 1. The third-order valence-electron chi connectivity index (χ3n) is 4.95. The molecule has 7 heteroatoms. The van der Waals surface area contributed by atoms with Crippen molar-refractivity contribution in [2.24, 2.45) is 0 Å². The van der Waals surface area contributed by atoms with Crippen molar-refractivity contribution in [2.45, 2.75) is 6.10 Å². The van der Waals surface area contributed by atoms with E-state index in [0.717, 1.165) is 16.9 Å². The number of rotatable bonds is 5. The first-order valence-corrected chi connectivity index (χ1v) is 10.9. The molecular weight excluding hydrogens is 424 g/mol. The summed E-state index contributed by atoms with van der Waals surface area (Å²) in [5, 5.41) is 3.12. The summed E-state index contributed by atoms with van der Waals surface area (Å²) in [4.78, 5) is 31.1. The summed E-state index contributed by atoms with van der Waals surface area (Å²) in [5.74, 6) is 0.594. The first kappa shape index (κ1) is 20.0. The first-order chi connectivity index (χ1) is 15.7. The van der Waals surface area contributed by atoms with E-state index in [1.165, 1.54) is 0 Å². The maximum Gasteiger partial charge on any atom is 0.270 e. The van der Waals surface area contributed by atoms with Gasteiger partial charge in [0.25, 0.3) is 5.91 Å². The van der Waals surface area contributed by atoms with Gasteiger partial charge in [-0.05, 0) is 12.1 Å². The van der Waals surface area contributed by atoms with Crippen LogP contribution in [0.3, 0.4) is 0 Å². The van der Waals surface area contributed by atoms with E-state index >= 15 is 0 Å². The van der Waals surface area contributed by atoms with E-state index < -0.39 is 6.10 Å². The Hall–Kier alpha value is -3.97. The van der Waals surface area contributed by atoms with Crippen LogP contribution >= 0.6 is 11.3 Å². The van der Waals surface area contributed by atoms with Gasteiger partial charge in [0, 0.05) is 11.1 Å². The van der Waals surface area contributed by atoms with Crippen molar-refractivity contribution in [2.75, 3.05) is 11.9 Å². The Labute approximate surface area is 188 Å². The Morgan fingerprint density at radius 2 is 1.53 bits per heavy atom. The summed E-state index contributed by atoms with van der Waals surface area (Å²) in [6.45, 7) is 0.0928. The highest BCUT2D eigenvalue weighted by molar-refractivity contribution is 7.18. The van der Waals surface area contributed by atoms with Crippen molar-refractivity contribution in [1.82, 2.24) is 4.98 Å². The number of amides is 1. The van der Waals surface area contributed by atoms with Gasteiger partial charge in [0.2, 0.25) is 11.9 Å². The second kappa shape index (κ2) is 8.64. The van der Waals surface area contributed by atoms with E-state index in [-0.39, 0.29) is 18.3 Å². The highest BCUT2D eigenvalue weighted by Crippen LogP contribution is 2.34. The van der Waals surface area contributed by atoms with Gasteiger partial charge in [-0.3, -0.25) is 14.9 Å². The number of aromatic nitrogens is 1. The molecule has 1 aliphatic rings. The number of thiazole rings is 1. The van der Waals surface area contributed by atoms with E-state index in [1.807, 2.05) is 60.7 Å². The van der Waals surface area contributed by atoms with E-state index in [2.05, 4.69) is 10.3 Å². The Kier molecular flexibility index (Phi) is 5.39. The van der Waals surface area contributed by atoms with Gasteiger partial charge in [0.05, 0.1) is 5.69 Å². The van der Waals surface area contributed by atoms with Crippen LogP contribution < -0.4 is 14.8 Å². The molecule has 0 bridgehead atoms. The van der Waals surface area contributed by atoms with Crippen LogP contribution in [0.25, 0.3) is 11.3 Å². The molecule has 5 rings (SSSR count). The van der Waals surface area contributed by atoms with Gasteiger partial charge < -0.3 is 9.47 Å². The molecule has 158 valence electrons. The highest BCUT2D eigenvalue weighted by atomic mass is 32.1. The molecule has 3 aromatic carbocycles. The Morgan fingerprint density at radius 1 is 0.875 bits per heavy atom. The highest BCUT2D eigenvalue weighted by Gasteiger charge is 2.29. The monoisotopic (exact) mass is 442 g/mol. The summed E-state index contributed by atoms with van der Waals surface area (Å²) >= 11 is 1.15. The molecule has 0 saturated carbocycles. The number of hydrogen-bond acceptors (Lipinski definition) is 6. The van der Waals surface area contributed by atoms with Crippen LogP contribution in [0.15, 0.2) is 84.9 Å². The second-order valence-corrected chi connectivity index (χ2v) is 8.11. The Bertz CT molecular complexity index is 1270. The van der Waals surface area contributed by atoms with Crippen LogP contribution in [0.5, 0.6) is 11.5 Å². The fourth-order valence-corrected chi connectivity index (χ4v) is 4.33. The van der Waals surface area contributed by atoms with Crippen LogP contribution in [-0.2, 0) is 4.79 Å². The third-order valence-corrected chi connectivity index (χ3v) is 5.92. The van der Waals surface area contributed by atoms with E-state index in [1.54, 1.807) is 24.3 Å². The lowest BCUT2D eigenvalue weighted by Crippen LogP contribution is -2.40. The zero-order valence-electron chi connectivity index (χ0n) is 16.9. The number of fused-ring (bicyclic) bond motifs is 1. The average Bonchev–Trinajstić information content (AvgIpc) is 3.28. The van der Waals surface area contributed by atoms with Crippen LogP contribution in [-0.4, -0.2) is 29.4 Å². The lowest BCUT2D eigenvalue weighted by molar-refractivity contribution is -0.125. The number of nitrogens with zero attached hydrogens (tertiary/aromatic N) is 1. The number of hydrogen-bond donors (Lipinski definition) is 1. The molecule has 6 nitrogen and oxygen atoms in total. The van der Waals surface area contributed by atoms with E-state index in [4.69, 9.17) is 9.47 Å². The number of carbonyl (C=O) groups is 2. The summed E-state index contributed by atoms with van der Waals surface area (Å²) in [5.41, 5.74) is 1.90. The van der Waals surface area contributed by atoms with Gasteiger partial charge in [-0.25, -0.2) is 4.98 Å². The summed E-state index contributed by atoms with van der Waals surface area (Å²) in [6.07, 6.45) is -0.817. The molecule has 1 atom stereocenters. The molecule has 1 aromatic heterocycles. The quantitative estimate of drug-likeness (QED) is 0.449. The van der Waals surface area contributed by atoms with Crippen molar-refractivity contribution >= 4 is 28.2 Å². The maximum atomic E-state index is 13.2. The van der Waals surface area contributed by atoms with Gasteiger partial charge in [-0.1, -0.05) is 84.1 Å². The number of nitrogens with one attached hydrogen (secondary N) is 1. The average molecular weight is 442 g/mol. The number of ether oxygens (including phenoxy) is 2. The molecule has 0 radical (unpaired) electrons. The molecule has 1 aliphatic heterocycles. The Morgan fingerprint density at radius 3 is 2.28 bits per heavy atom. The minimum absolute atomic E-state index is 0.0928. The number of ketones is 1. The molecule has 2 heterocycles. The summed E-state index contributed by atoms with van der Waals surface area (Å²) < 4.78 is 11.4. The Balaban J connectivity index is 1.43. The lowest BCUT2D eigenvalue weighted by Gasteiger charge is -2.25. The smallest absolute Gasteiger partial charge is 0.270 e. The molecule has 1 amide bonds. The zero-order chi connectivity index (χ0) is 21.9. The fraction of sp³-hybridized carbons (Fsp3) is 0.0800. The van der Waals surface area contributed by atoms with E-state index in [9.17, 15) is 9.59 Å². The van der Waals surface area contributed by atoms with Crippen LogP contribution in [0, 0.1) is 0 Å². The van der Waals surface area contributed by atoms with Crippen molar-refractivity contribution in [3.63, 3.8) is 0 Å². The van der Waals surface area contributed by atoms with Gasteiger partial charge in [-0.2, -0.15) is 0 Å². The molecule has 0 aliphatic carbocycles. The topological polar surface area (TPSA) is 77.5 Å². The lowest BCUT2D eigenvalue weighted by atomic mass is 10.1. The predicted molar refractivity (Wildman–Crippen MR) is 122 cm³/mol. The summed E-state index contributed by atoms with van der Waals surface area (Å²) in [6, 6.07) is 25.7.